The van der Waals surface area contributed by atoms with E-state index in [1.54, 1.807) is 13.1 Å². The van der Waals surface area contributed by atoms with Gasteiger partial charge >= 0.3 is 0 Å². The normalized spacial score (nSPS) is 17.5. The summed E-state index contributed by atoms with van der Waals surface area (Å²) in [5, 5.41) is 4.61. The molecule has 8 heteroatoms. The number of anilines is 1. The van der Waals surface area contributed by atoms with E-state index >= 15 is 0 Å². The molecule has 4 heterocycles. The lowest BCUT2D eigenvalue weighted by Crippen LogP contribution is -2.36. The largest absolute Gasteiger partial charge is 0.442 e. The molecule has 1 fully saturated rings. The Kier molecular flexibility index (Phi) is 3.84. The van der Waals surface area contributed by atoms with Crippen LogP contribution in [0.4, 0.5) is 5.82 Å². The van der Waals surface area contributed by atoms with Crippen molar-refractivity contribution in [2.24, 2.45) is 0 Å². The predicted molar refractivity (Wildman–Crippen MR) is 105 cm³/mol. The van der Waals surface area contributed by atoms with Crippen LogP contribution in [-0.4, -0.2) is 37.8 Å². The number of aryl methyl sites for hydroxylation is 1. The fraction of sp³-hybridized carbons (Fsp3) is 0.400. The van der Waals surface area contributed by atoms with E-state index in [1.165, 1.54) is 6.33 Å². The summed E-state index contributed by atoms with van der Waals surface area (Å²) in [7, 11) is 0. The first-order valence-corrected chi connectivity index (χ1v) is 9.76. The molecular weight excluding hydrogens is 378 g/mol. The molecule has 0 atom stereocenters. The average Bonchev–Trinajstić information content (AvgIpc) is 3.29. The third kappa shape index (κ3) is 2.90. The van der Waals surface area contributed by atoms with Crippen LogP contribution >= 0.6 is 11.6 Å². The van der Waals surface area contributed by atoms with Gasteiger partial charge in [-0.15, -0.1) is 0 Å². The molecular formula is C20H20ClN5O2. The number of pyridine rings is 1. The summed E-state index contributed by atoms with van der Waals surface area (Å²) in [6.07, 6.45) is 6.13. The summed E-state index contributed by atoms with van der Waals surface area (Å²) >= 11 is 5.99. The van der Waals surface area contributed by atoms with Gasteiger partial charge in [0.25, 0.3) is 5.91 Å². The maximum absolute atomic E-state index is 13.4. The number of hydrogen-bond donors (Lipinski definition) is 1. The van der Waals surface area contributed by atoms with Gasteiger partial charge in [0.05, 0.1) is 10.9 Å². The predicted octanol–water partition coefficient (Wildman–Crippen LogP) is 3.74. The lowest BCUT2D eigenvalue weighted by atomic mass is 10.0. The molecule has 1 aliphatic carbocycles. The zero-order chi connectivity index (χ0) is 19.5. The molecule has 0 bridgehead atoms. The Morgan fingerprint density at radius 1 is 1.29 bits per heavy atom. The van der Waals surface area contributed by atoms with Gasteiger partial charge in [-0.1, -0.05) is 11.6 Å². The molecule has 5 rings (SSSR count). The molecule has 0 unspecified atom stereocenters. The molecule has 1 saturated carbocycles. The van der Waals surface area contributed by atoms with Crippen LogP contribution in [0.3, 0.4) is 0 Å². The summed E-state index contributed by atoms with van der Waals surface area (Å²) in [5.74, 6) is 1.15. The fourth-order valence-electron chi connectivity index (χ4n) is 3.74. The first kappa shape index (κ1) is 17.4. The van der Waals surface area contributed by atoms with Crippen molar-refractivity contribution in [3.05, 3.63) is 46.2 Å². The van der Waals surface area contributed by atoms with Gasteiger partial charge in [-0.05, 0) is 50.3 Å². The zero-order valence-corrected chi connectivity index (χ0v) is 16.5. The highest BCUT2D eigenvalue weighted by Gasteiger charge is 2.39. The Morgan fingerprint density at radius 3 is 2.89 bits per heavy atom. The Bertz CT molecular complexity index is 1110. The molecule has 2 aliphatic rings. The zero-order valence-electron chi connectivity index (χ0n) is 15.8. The highest BCUT2D eigenvalue weighted by Crippen LogP contribution is 2.40. The van der Waals surface area contributed by atoms with Crippen molar-refractivity contribution < 1.29 is 9.21 Å². The molecule has 28 heavy (non-hydrogen) atoms. The van der Waals surface area contributed by atoms with Gasteiger partial charge in [0.2, 0.25) is 5.71 Å². The molecule has 144 valence electrons. The van der Waals surface area contributed by atoms with Crippen molar-refractivity contribution in [2.45, 2.75) is 45.2 Å². The summed E-state index contributed by atoms with van der Waals surface area (Å²) < 4.78 is 5.80. The molecule has 1 aliphatic heterocycles. The molecule has 0 radical (unpaired) electrons. The minimum atomic E-state index is -0.0735. The van der Waals surface area contributed by atoms with Crippen LogP contribution in [0.1, 0.15) is 47.0 Å². The van der Waals surface area contributed by atoms with Gasteiger partial charge < -0.3 is 14.6 Å². The number of rotatable bonds is 3. The lowest BCUT2D eigenvalue weighted by molar-refractivity contribution is 0.0734. The van der Waals surface area contributed by atoms with E-state index in [0.717, 1.165) is 30.4 Å². The number of hydrogen-bond acceptors (Lipinski definition) is 6. The Hall–Kier alpha value is -2.67. The van der Waals surface area contributed by atoms with Crippen molar-refractivity contribution >= 4 is 34.4 Å². The molecule has 0 spiro atoms. The lowest BCUT2D eigenvalue weighted by Gasteiger charge is -2.28. The number of nitrogens with zero attached hydrogens (tertiary/aromatic N) is 4. The second-order valence-electron chi connectivity index (χ2n) is 7.87. The quantitative estimate of drug-likeness (QED) is 0.678. The Labute approximate surface area is 167 Å². The highest BCUT2D eigenvalue weighted by atomic mass is 35.5. The first-order valence-electron chi connectivity index (χ1n) is 9.38. The van der Waals surface area contributed by atoms with E-state index in [-0.39, 0.29) is 11.4 Å². The number of furan rings is 1. The molecule has 1 amide bonds. The average molecular weight is 398 g/mol. The van der Waals surface area contributed by atoms with Crippen molar-refractivity contribution in [3.63, 3.8) is 0 Å². The SMILES string of the molecule is Cc1oc2ncnc(NC3(C)CC3)c2c1C(=O)N1CCc2cc(Cl)ncc2C1. The van der Waals surface area contributed by atoms with E-state index in [2.05, 4.69) is 27.2 Å². The van der Waals surface area contributed by atoms with E-state index < -0.39 is 0 Å². The van der Waals surface area contributed by atoms with Crippen molar-refractivity contribution in [2.75, 3.05) is 11.9 Å². The van der Waals surface area contributed by atoms with Crippen LogP contribution in [0.2, 0.25) is 5.15 Å². The van der Waals surface area contributed by atoms with Gasteiger partial charge in [0, 0.05) is 24.8 Å². The van der Waals surface area contributed by atoms with Crippen molar-refractivity contribution in [1.29, 1.82) is 0 Å². The van der Waals surface area contributed by atoms with Crippen LogP contribution in [-0.2, 0) is 13.0 Å². The summed E-state index contributed by atoms with van der Waals surface area (Å²) in [5.41, 5.74) is 3.17. The summed E-state index contributed by atoms with van der Waals surface area (Å²) in [6, 6.07) is 1.88. The molecule has 3 aromatic rings. The molecule has 7 nitrogen and oxygen atoms in total. The van der Waals surface area contributed by atoms with Crippen molar-refractivity contribution in [3.8, 4) is 0 Å². The maximum Gasteiger partial charge on any atom is 0.258 e. The molecule has 0 saturated heterocycles. The second kappa shape index (κ2) is 6.17. The number of nitrogens with one attached hydrogen (secondary N) is 1. The van der Waals surface area contributed by atoms with Crippen LogP contribution < -0.4 is 5.32 Å². The fourth-order valence-corrected chi connectivity index (χ4v) is 3.92. The van der Waals surface area contributed by atoms with Crippen LogP contribution in [0.15, 0.2) is 23.0 Å². The van der Waals surface area contributed by atoms with Gasteiger partial charge in [-0.25, -0.2) is 15.0 Å². The Morgan fingerprint density at radius 2 is 2.11 bits per heavy atom. The van der Waals surface area contributed by atoms with Gasteiger partial charge in [0.1, 0.15) is 23.1 Å². The smallest absolute Gasteiger partial charge is 0.258 e. The maximum atomic E-state index is 13.4. The number of amides is 1. The van der Waals surface area contributed by atoms with Crippen molar-refractivity contribution in [1.82, 2.24) is 19.9 Å². The highest BCUT2D eigenvalue weighted by molar-refractivity contribution is 6.29. The van der Waals surface area contributed by atoms with E-state index in [0.29, 0.717) is 46.5 Å². The minimum absolute atomic E-state index is 0.0295. The number of aromatic nitrogens is 3. The minimum Gasteiger partial charge on any atom is -0.442 e. The van der Waals surface area contributed by atoms with E-state index in [9.17, 15) is 4.79 Å². The topological polar surface area (TPSA) is 84.2 Å². The number of halogens is 1. The van der Waals surface area contributed by atoms with Crippen LogP contribution in [0.5, 0.6) is 0 Å². The van der Waals surface area contributed by atoms with E-state index in [1.807, 2.05) is 11.0 Å². The van der Waals surface area contributed by atoms with E-state index in [4.69, 9.17) is 16.0 Å². The van der Waals surface area contributed by atoms with Gasteiger partial charge in [-0.2, -0.15) is 0 Å². The van der Waals surface area contributed by atoms with Crippen LogP contribution in [0, 0.1) is 6.92 Å². The number of carbonyl (C=O) groups is 1. The third-order valence-electron chi connectivity index (χ3n) is 5.65. The van der Waals surface area contributed by atoms with Gasteiger partial charge in [0.15, 0.2) is 0 Å². The summed E-state index contributed by atoms with van der Waals surface area (Å²) in [6.45, 7) is 5.07. The standard InChI is InChI=1S/C20H20ClN5O2/c1-11-15(16-17(25-20(2)4-5-20)23-10-24-18(16)28-11)19(27)26-6-3-12-7-14(21)22-8-13(12)9-26/h7-8,10H,3-6,9H2,1-2H3,(H,23,24,25). The van der Waals surface area contributed by atoms with Crippen LogP contribution in [0.25, 0.3) is 11.1 Å². The number of carbonyl (C=O) groups excluding carboxylic acids is 1. The molecule has 1 N–H and O–H groups in total. The first-order chi connectivity index (χ1) is 13.4. The Balaban J connectivity index is 1.53. The third-order valence-corrected chi connectivity index (χ3v) is 5.85. The second-order valence-corrected chi connectivity index (χ2v) is 8.26. The van der Waals surface area contributed by atoms with Gasteiger partial charge in [-0.3, -0.25) is 4.79 Å². The summed E-state index contributed by atoms with van der Waals surface area (Å²) in [4.78, 5) is 28.1. The molecule has 0 aromatic carbocycles. The monoisotopic (exact) mass is 397 g/mol. The molecule has 3 aromatic heterocycles. The number of fused-ring (bicyclic) bond motifs is 2.